The maximum atomic E-state index is 5.38. The summed E-state index contributed by atoms with van der Waals surface area (Å²) in [5.41, 5.74) is 2.49. The first-order valence-corrected chi connectivity index (χ1v) is 6.79. The summed E-state index contributed by atoms with van der Waals surface area (Å²) in [4.78, 5) is 0. The van der Waals surface area contributed by atoms with Gasteiger partial charge in [-0.1, -0.05) is 36.4 Å². The lowest BCUT2D eigenvalue weighted by Gasteiger charge is -2.11. The molecular weight excluding hydrogens is 250 g/mol. The fourth-order valence-electron chi connectivity index (χ4n) is 2.10. The number of methoxy groups -OCH3 is 2. The highest BCUT2D eigenvalue weighted by Crippen LogP contribution is 2.24. The molecule has 0 heterocycles. The van der Waals surface area contributed by atoms with Gasteiger partial charge >= 0.3 is 0 Å². The molecule has 0 spiro atoms. The molecule has 0 unspecified atom stereocenters. The summed E-state index contributed by atoms with van der Waals surface area (Å²) in [6.45, 7) is 1.74. The minimum Gasteiger partial charge on any atom is -0.497 e. The molecule has 3 nitrogen and oxygen atoms in total. The average Bonchev–Trinajstić information content (AvgIpc) is 2.52. The molecule has 106 valence electrons. The van der Waals surface area contributed by atoms with Gasteiger partial charge in [-0.15, -0.1) is 0 Å². The van der Waals surface area contributed by atoms with Crippen molar-refractivity contribution in [3.63, 3.8) is 0 Å². The van der Waals surface area contributed by atoms with Gasteiger partial charge in [0.05, 0.1) is 14.2 Å². The van der Waals surface area contributed by atoms with Gasteiger partial charge in [0.2, 0.25) is 0 Å². The van der Waals surface area contributed by atoms with E-state index in [0.29, 0.717) is 0 Å². The van der Waals surface area contributed by atoms with Gasteiger partial charge in [-0.2, -0.15) is 0 Å². The predicted molar refractivity (Wildman–Crippen MR) is 81.4 cm³/mol. The van der Waals surface area contributed by atoms with Crippen LogP contribution in [0, 0.1) is 0 Å². The van der Waals surface area contributed by atoms with Crippen molar-refractivity contribution in [1.82, 2.24) is 5.32 Å². The summed E-state index contributed by atoms with van der Waals surface area (Å²) in [6, 6.07) is 16.4. The molecule has 3 heteroatoms. The summed E-state index contributed by atoms with van der Waals surface area (Å²) in [6.07, 6.45) is 1.03. The van der Waals surface area contributed by atoms with Crippen molar-refractivity contribution < 1.29 is 9.47 Å². The van der Waals surface area contributed by atoms with E-state index < -0.39 is 0 Å². The molecule has 2 rings (SSSR count). The van der Waals surface area contributed by atoms with Crippen molar-refractivity contribution in [3.05, 3.63) is 59.7 Å². The molecule has 0 fully saturated rings. The number of nitrogens with one attached hydrogen (secondary N) is 1. The van der Waals surface area contributed by atoms with E-state index in [1.807, 2.05) is 24.3 Å². The molecule has 2 aromatic carbocycles. The smallest absolute Gasteiger partial charge is 0.127 e. The van der Waals surface area contributed by atoms with Gasteiger partial charge in [0, 0.05) is 18.2 Å². The first-order valence-electron chi connectivity index (χ1n) is 6.79. The Morgan fingerprint density at radius 3 is 2.45 bits per heavy atom. The lowest BCUT2D eigenvalue weighted by Crippen LogP contribution is -2.17. The predicted octanol–water partition coefficient (Wildman–Crippen LogP) is 3.04. The number of hydrogen-bond donors (Lipinski definition) is 1. The zero-order valence-electron chi connectivity index (χ0n) is 12.1. The van der Waals surface area contributed by atoms with Gasteiger partial charge in [-0.3, -0.25) is 0 Å². The second kappa shape index (κ2) is 7.56. The van der Waals surface area contributed by atoms with E-state index in [0.717, 1.165) is 36.6 Å². The van der Waals surface area contributed by atoms with Crippen LogP contribution < -0.4 is 14.8 Å². The van der Waals surface area contributed by atoms with E-state index in [1.165, 1.54) is 5.56 Å². The van der Waals surface area contributed by atoms with Crippen LogP contribution >= 0.6 is 0 Å². The second-order valence-corrected chi connectivity index (χ2v) is 4.59. The minimum absolute atomic E-state index is 0.792. The van der Waals surface area contributed by atoms with Gasteiger partial charge in [0.25, 0.3) is 0 Å². The number of rotatable bonds is 7. The molecule has 0 aliphatic carbocycles. The molecular formula is C17H21NO2. The number of ether oxygens (including phenoxy) is 2. The first kappa shape index (κ1) is 14.4. The van der Waals surface area contributed by atoms with E-state index in [-0.39, 0.29) is 0 Å². The molecule has 0 aliphatic rings. The maximum absolute atomic E-state index is 5.38. The Labute approximate surface area is 120 Å². The van der Waals surface area contributed by atoms with Crippen molar-refractivity contribution >= 4 is 0 Å². The van der Waals surface area contributed by atoms with E-state index in [1.54, 1.807) is 14.2 Å². The Balaban J connectivity index is 1.85. The van der Waals surface area contributed by atoms with E-state index in [2.05, 4.69) is 29.6 Å². The summed E-state index contributed by atoms with van der Waals surface area (Å²) in [7, 11) is 3.34. The number of hydrogen-bond acceptors (Lipinski definition) is 3. The molecule has 20 heavy (non-hydrogen) atoms. The van der Waals surface area contributed by atoms with Gasteiger partial charge in [0.15, 0.2) is 0 Å². The van der Waals surface area contributed by atoms with Gasteiger partial charge in [0.1, 0.15) is 11.5 Å². The third-order valence-corrected chi connectivity index (χ3v) is 3.24. The zero-order chi connectivity index (χ0) is 14.2. The molecule has 2 aromatic rings. The third-order valence-electron chi connectivity index (χ3n) is 3.24. The highest BCUT2D eigenvalue weighted by Gasteiger charge is 2.04. The Morgan fingerprint density at radius 1 is 0.950 bits per heavy atom. The largest absolute Gasteiger partial charge is 0.497 e. The van der Waals surface area contributed by atoms with E-state index in [9.17, 15) is 0 Å². The standard InChI is InChI=1S/C17H21NO2/c1-19-16-9-8-15(17(12-16)20-2)13-18-11-10-14-6-4-3-5-7-14/h3-9,12,18H,10-11,13H2,1-2H3. The van der Waals surface area contributed by atoms with Gasteiger partial charge < -0.3 is 14.8 Å². The van der Waals surface area contributed by atoms with Crippen LogP contribution in [0.1, 0.15) is 11.1 Å². The van der Waals surface area contributed by atoms with Crippen LogP contribution in [0.15, 0.2) is 48.5 Å². The quantitative estimate of drug-likeness (QED) is 0.785. The fourth-order valence-corrected chi connectivity index (χ4v) is 2.10. The van der Waals surface area contributed by atoms with Crippen LogP contribution in [-0.2, 0) is 13.0 Å². The summed E-state index contributed by atoms with van der Waals surface area (Å²) in [5, 5.41) is 3.44. The topological polar surface area (TPSA) is 30.5 Å². The maximum Gasteiger partial charge on any atom is 0.127 e. The average molecular weight is 271 g/mol. The molecule has 1 N–H and O–H groups in total. The minimum atomic E-state index is 0.792. The molecule has 0 saturated heterocycles. The van der Waals surface area contributed by atoms with Crippen LogP contribution in [0.2, 0.25) is 0 Å². The summed E-state index contributed by atoms with van der Waals surface area (Å²) >= 11 is 0. The first-order chi connectivity index (χ1) is 9.83. The monoisotopic (exact) mass is 271 g/mol. The van der Waals surface area contributed by atoms with Crippen LogP contribution in [0.25, 0.3) is 0 Å². The molecule has 0 radical (unpaired) electrons. The Bertz CT molecular complexity index is 526. The van der Waals surface area contributed by atoms with Crippen molar-refractivity contribution in [1.29, 1.82) is 0 Å². The molecule has 0 aromatic heterocycles. The lowest BCUT2D eigenvalue weighted by atomic mass is 10.1. The Hall–Kier alpha value is -2.00. The molecule has 0 bridgehead atoms. The van der Waals surface area contributed by atoms with Crippen LogP contribution in [0.4, 0.5) is 0 Å². The SMILES string of the molecule is COc1ccc(CNCCc2ccccc2)c(OC)c1. The van der Waals surface area contributed by atoms with Gasteiger partial charge in [-0.25, -0.2) is 0 Å². The highest BCUT2D eigenvalue weighted by molar-refractivity contribution is 5.40. The summed E-state index contributed by atoms with van der Waals surface area (Å²) < 4.78 is 10.6. The van der Waals surface area contributed by atoms with Crippen molar-refractivity contribution in [2.75, 3.05) is 20.8 Å². The van der Waals surface area contributed by atoms with Crippen molar-refractivity contribution in [2.45, 2.75) is 13.0 Å². The third kappa shape index (κ3) is 4.00. The number of benzene rings is 2. The van der Waals surface area contributed by atoms with Crippen LogP contribution in [0.3, 0.4) is 0 Å². The van der Waals surface area contributed by atoms with Crippen LogP contribution in [0.5, 0.6) is 11.5 Å². The van der Waals surface area contributed by atoms with E-state index in [4.69, 9.17) is 9.47 Å². The lowest BCUT2D eigenvalue weighted by molar-refractivity contribution is 0.390. The highest BCUT2D eigenvalue weighted by atomic mass is 16.5. The van der Waals surface area contributed by atoms with Crippen molar-refractivity contribution in [2.24, 2.45) is 0 Å². The molecule has 0 saturated carbocycles. The van der Waals surface area contributed by atoms with Crippen LogP contribution in [-0.4, -0.2) is 20.8 Å². The Kier molecular flexibility index (Phi) is 5.44. The molecule has 0 aliphatic heterocycles. The Morgan fingerprint density at radius 2 is 1.75 bits per heavy atom. The van der Waals surface area contributed by atoms with E-state index >= 15 is 0 Å². The summed E-state index contributed by atoms with van der Waals surface area (Å²) in [5.74, 6) is 1.67. The normalized spacial score (nSPS) is 10.3. The molecule has 0 atom stereocenters. The van der Waals surface area contributed by atoms with Crippen molar-refractivity contribution in [3.8, 4) is 11.5 Å². The molecule has 0 amide bonds. The van der Waals surface area contributed by atoms with Gasteiger partial charge in [-0.05, 0) is 24.6 Å². The second-order valence-electron chi connectivity index (χ2n) is 4.59. The fraction of sp³-hybridized carbons (Fsp3) is 0.294. The zero-order valence-corrected chi connectivity index (χ0v) is 12.1.